The zero-order chi connectivity index (χ0) is 13.6. The fourth-order valence-electron chi connectivity index (χ4n) is 1.75. The van der Waals surface area contributed by atoms with Gasteiger partial charge < -0.3 is 4.74 Å². The van der Waals surface area contributed by atoms with Crippen LogP contribution in [-0.4, -0.2) is 13.1 Å². The first-order chi connectivity index (χ1) is 8.57. The fourth-order valence-corrected chi connectivity index (χ4v) is 1.75. The van der Waals surface area contributed by atoms with Crippen LogP contribution in [0.3, 0.4) is 0 Å². The van der Waals surface area contributed by atoms with Crippen molar-refractivity contribution in [1.82, 2.24) is 0 Å². The van der Waals surface area contributed by atoms with Gasteiger partial charge in [-0.3, -0.25) is 4.79 Å². The van der Waals surface area contributed by atoms with Crippen molar-refractivity contribution in [3.63, 3.8) is 0 Å². The maximum Gasteiger partial charge on any atom is 0.326 e. The number of methoxy groups -OCH3 is 1. The molecular formula is C14H14FNO2. The SMILES string of the molecule is C=CCC(C#N)(Cc1ccc(F)cc1)C(=O)OC. The molecular weight excluding hydrogens is 233 g/mol. The van der Waals surface area contributed by atoms with Gasteiger partial charge in [-0.2, -0.15) is 5.26 Å². The molecule has 1 unspecified atom stereocenters. The normalized spacial score (nSPS) is 13.2. The second-order valence-corrected chi connectivity index (χ2v) is 3.98. The summed E-state index contributed by atoms with van der Waals surface area (Å²) >= 11 is 0. The van der Waals surface area contributed by atoms with E-state index in [2.05, 4.69) is 11.3 Å². The summed E-state index contributed by atoms with van der Waals surface area (Å²) in [5.41, 5.74) is -0.598. The minimum Gasteiger partial charge on any atom is -0.468 e. The van der Waals surface area contributed by atoms with E-state index in [0.717, 1.165) is 0 Å². The van der Waals surface area contributed by atoms with Crippen LogP contribution in [0.15, 0.2) is 36.9 Å². The maximum atomic E-state index is 12.8. The molecule has 18 heavy (non-hydrogen) atoms. The van der Waals surface area contributed by atoms with E-state index in [-0.39, 0.29) is 18.7 Å². The highest BCUT2D eigenvalue weighted by Gasteiger charge is 2.39. The minimum atomic E-state index is -1.30. The van der Waals surface area contributed by atoms with Crippen LogP contribution in [0.1, 0.15) is 12.0 Å². The number of carbonyl (C=O) groups is 1. The lowest BCUT2D eigenvalue weighted by molar-refractivity contribution is -0.149. The zero-order valence-electron chi connectivity index (χ0n) is 10.1. The first-order valence-electron chi connectivity index (χ1n) is 5.43. The Morgan fingerprint density at radius 1 is 1.56 bits per heavy atom. The Morgan fingerprint density at radius 2 is 2.17 bits per heavy atom. The molecule has 3 nitrogen and oxygen atoms in total. The number of rotatable bonds is 5. The molecule has 0 aromatic heterocycles. The average molecular weight is 247 g/mol. The number of halogens is 1. The van der Waals surface area contributed by atoms with Crippen LogP contribution in [0.25, 0.3) is 0 Å². The van der Waals surface area contributed by atoms with E-state index in [9.17, 15) is 14.4 Å². The van der Waals surface area contributed by atoms with Crippen molar-refractivity contribution in [3.8, 4) is 6.07 Å². The predicted molar refractivity (Wildman–Crippen MR) is 65.0 cm³/mol. The van der Waals surface area contributed by atoms with Crippen LogP contribution in [0, 0.1) is 22.6 Å². The summed E-state index contributed by atoms with van der Waals surface area (Å²) in [6.45, 7) is 3.55. The standard InChI is InChI=1S/C14H14FNO2/c1-3-8-14(10-16,13(17)18-2)9-11-4-6-12(15)7-5-11/h3-7H,1,8-9H2,2H3. The summed E-state index contributed by atoms with van der Waals surface area (Å²) in [6.07, 6.45) is 1.86. The molecule has 0 bridgehead atoms. The molecule has 0 saturated heterocycles. The van der Waals surface area contributed by atoms with Crippen LogP contribution < -0.4 is 0 Å². The topological polar surface area (TPSA) is 50.1 Å². The fraction of sp³-hybridized carbons (Fsp3) is 0.286. The second-order valence-electron chi connectivity index (χ2n) is 3.98. The van der Waals surface area contributed by atoms with E-state index in [4.69, 9.17) is 0 Å². The molecule has 0 fully saturated rings. The van der Waals surface area contributed by atoms with Crippen LogP contribution >= 0.6 is 0 Å². The molecule has 0 N–H and O–H groups in total. The van der Waals surface area contributed by atoms with Gasteiger partial charge >= 0.3 is 5.97 Å². The van der Waals surface area contributed by atoms with Gasteiger partial charge in [-0.1, -0.05) is 18.2 Å². The Labute approximate surface area is 105 Å². The number of hydrogen-bond acceptors (Lipinski definition) is 3. The number of allylic oxidation sites excluding steroid dienone is 1. The van der Waals surface area contributed by atoms with Gasteiger partial charge in [0.25, 0.3) is 0 Å². The van der Waals surface area contributed by atoms with Gasteiger partial charge in [0.15, 0.2) is 5.41 Å². The van der Waals surface area contributed by atoms with Gasteiger partial charge in [0, 0.05) is 6.42 Å². The van der Waals surface area contributed by atoms with Gasteiger partial charge in [-0.05, 0) is 24.1 Å². The molecule has 0 aliphatic carbocycles. The van der Waals surface area contributed by atoms with Crippen molar-refractivity contribution in [3.05, 3.63) is 48.3 Å². The van der Waals surface area contributed by atoms with Gasteiger partial charge in [0.1, 0.15) is 5.82 Å². The lowest BCUT2D eigenvalue weighted by atomic mass is 9.80. The molecule has 0 radical (unpaired) electrons. The highest BCUT2D eigenvalue weighted by molar-refractivity contribution is 5.80. The van der Waals surface area contributed by atoms with Crippen LogP contribution in [-0.2, 0) is 16.0 Å². The van der Waals surface area contributed by atoms with Crippen molar-refractivity contribution in [1.29, 1.82) is 5.26 Å². The molecule has 1 atom stereocenters. The summed E-state index contributed by atoms with van der Waals surface area (Å²) in [5.74, 6) is -0.961. The van der Waals surface area contributed by atoms with Crippen LogP contribution in [0.4, 0.5) is 4.39 Å². The van der Waals surface area contributed by atoms with E-state index in [1.807, 2.05) is 6.07 Å². The third-order valence-electron chi connectivity index (χ3n) is 2.70. The summed E-state index contributed by atoms with van der Waals surface area (Å²) in [7, 11) is 1.24. The third kappa shape index (κ3) is 2.95. The van der Waals surface area contributed by atoms with Gasteiger partial charge in [0.05, 0.1) is 13.2 Å². The Balaban J connectivity index is 3.05. The summed E-state index contributed by atoms with van der Waals surface area (Å²) < 4.78 is 17.5. The van der Waals surface area contributed by atoms with Gasteiger partial charge in [0.2, 0.25) is 0 Å². The van der Waals surface area contributed by atoms with Gasteiger partial charge in [-0.25, -0.2) is 4.39 Å². The second kappa shape index (κ2) is 5.97. The average Bonchev–Trinajstić information content (AvgIpc) is 2.39. The first-order valence-corrected chi connectivity index (χ1v) is 5.43. The molecule has 1 aromatic rings. The van der Waals surface area contributed by atoms with E-state index in [0.29, 0.717) is 5.56 Å². The number of hydrogen-bond donors (Lipinski definition) is 0. The lowest BCUT2D eigenvalue weighted by Gasteiger charge is -2.22. The van der Waals surface area contributed by atoms with Crippen molar-refractivity contribution in [2.45, 2.75) is 12.8 Å². The summed E-state index contributed by atoms with van der Waals surface area (Å²) in [6, 6.07) is 7.68. The van der Waals surface area contributed by atoms with Crippen molar-refractivity contribution in [2.75, 3.05) is 7.11 Å². The smallest absolute Gasteiger partial charge is 0.326 e. The highest BCUT2D eigenvalue weighted by Crippen LogP contribution is 2.28. The number of nitriles is 1. The number of ether oxygens (including phenoxy) is 1. The zero-order valence-corrected chi connectivity index (χ0v) is 10.1. The summed E-state index contributed by atoms with van der Waals surface area (Å²) in [5, 5.41) is 9.25. The van der Waals surface area contributed by atoms with E-state index < -0.39 is 11.4 Å². The van der Waals surface area contributed by atoms with E-state index in [1.165, 1.54) is 25.3 Å². The van der Waals surface area contributed by atoms with Crippen LogP contribution in [0.2, 0.25) is 0 Å². The molecule has 0 aliphatic heterocycles. The molecule has 0 aliphatic rings. The third-order valence-corrected chi connectivity index (χ3v) is 2.70. The molecule has 0 spiro atoms. The highest BCUT2D eigenvalue weighted by atomic mass is 19.1. The minimum absolute atomic E-state index is 0.169. The van der Waals surface area contributed by atoms with Crippen molar-refractivity contribution >= 4 is 5.97 Å². The van der Waals surface area contributed by atoms with Gasteiger partial charge in [-0.15, -0.1) is 6.58 Å². The lowest BCUT2D eigenvalue weighted by Crippen LogP contribution is -2.32. The summed E-state index contributed by atoms with van der Waals surface area (Å²) in [4.78, 5) is 11.8. The quantitative estimate of drug-likeness (QED) is 0.593. The Kier molecular flexibility index (Phi) is 4.61. The van der Waals surface area contributed by atoms with Crippen molar-refractivity contribution < 1.29 is 13.9 Å². The monoisotopic (exact) mass is 247 g/mol. The number of carbonyl (C=O) groups excluding carboxylic acids is 1. The molecule has 0 saturated carbocycles. The Morgan fingerprint density at radius 3 is 2.61 bits per heavy atom. The largest absolute Gasteiger partial charge is 0.468 e. The molecule has 4 heteroatoms. The number of benzene rings is 1. The Bertz CT molecular complexity index is 476. The maximum absolute atomic E-state index is 12.8. The van der Waals surface area contributed by atoms with E-state index in [1.54, 1.807) is 12.1 Å². The van der Waals surface area contributed by atoms with Crippen LogP contribution in [0.5, 0.6) is 0 Å². The Hall–Kier alpha value is -2.15. The predicted octanol–water partition coefficient (Wildman–Crippen LogP) is 2.63. The van der Waals surface area contributed by atoms with Crippen molar-refractivity contribution in [2.24, 2.45) is 5.41 Å². The molecule has 1 rings (SSSR count). The first kappa shape index (κ1) is 13.9. The number of nitrogens with zero attached hydrogens (tertiary/aromatic N) is 1. The molecule has 0 amide bonds. The molecule has 0 heterocycles. The molecule has 1 aromatic carbocycles. The molecule has 94 valence electrons. The van der Waals surface area contributed by atoms with E-state index >= 15 is 0 Å². The number of esters is 1.